The van der Waals surface area contributed by atoms with Crippen LogP contribution in [0.2, 0.25) is 0 Å². The number of rotatable bonds is 6. The number of aliphatic carboxylic acids is 1. The summed E-state index contributed by atoms with van der Waals surface area (Å²) >= 11 is 0. The quantitative estimate of drug-likeness (QED) is 0.289. The predicted molar refractivity (Wildman–Crippen MR) is 50.9 cm³/mol. The Hall–Kier alpha value is 0.0797. The summed E-state index contributed by atoms with van der Waals surface area (Å²) in [5.74, 6) is -2.53. The van der Waals surface area contributed by atoms with Gasteiger partial charge in [0.25, 0.3) is 0 Å². The minimum absolute atomic E-state index is 0. The Kier molecular flexibility index (Phi) is 10.9. The Morgan fingerprint density at radius 3 is 2.00 bits per heavy atom. The molecule has 0 saturated carbocycles. The molecule has 0 amide bonds. The minimum atomic E-state index is -1.83. The first kappa shape index (κ1) is 17.5. The number of carbonyl (C=O) groups excluding carboxylic acids is 1. The molecular weight excluding hydrogens is 236 g/mol. The zero-order chi connectivity index (χ0) is 11.1. The molecule has 8 heteroatoms. The molecule has 0 spiro atoms. The van der Waals surface area contributed by atoms with Crippen LogP contribution in [-0.2, 0) is 14.3 Å². The summed E-state index contributed by atoms with van der Waals surface area (Å²) in [7, 11) is 0. The zero-order valence-electron chi connectivity index (χ0n) is 7.29. The molecule has 0 aromatic rings. The molecule has 0 aliphatic rings. The van der Waals surface area contributed by atoms with E-state index in [4.69, 9.17) is 20.4 Å². The molecule has 0 saturated heterocycles. The maximum atomic E-state index is 10.8. The fourth-order valence-corrected chi connectivity index (χ4v) is 0.611. The normalized spacial score (nSPS) is 11.7. The summed E-state index contributed by atoms with van der Waals surface area (Å²) in [4.78, 5) is 20.9. The second kappa shape index (κ2) is 9.32. The summed E-state index contributed by atoms with van der Waals surface area (Å²) in [5.41, 5.74) is 0. The molecule has 0 aromatic carbocycles. The van der Waals surface area contributed by atoms with Gasteiger partial charge in [-0.25, -0.2) is 4.79 Å². The van der Waals surface area contributed by atoms with Crippen LogP contribution in [0.4, 0.5) is 0 Å². The van der Waals surface area contributed by atoms with E-state index in [9.17, 15) is 9.59 Å². The molecule has 0 rings (SSSR count). The van der Waals surface area contributed by atoms with Gasteiger partial charge in [-0.1, -0.05) is 0 Å². The molecule has 15 heavy (non-hydrogen) atoms. The van der Waals surface area contributed by atoms with Gasteiger partial charge in [0.1, 0.15) is 6.10 Å². The first-order valence-corrected chi connectivity index (χ1v) is 3.83. The first-order valence-electron chi connectivity index (χ1n) is 3.83. The Bertz CT molecular complexity index is 204. The summed E-state index contributed by atoms with van der Waals surface area (Å²) in [6.07, 6.45) is -3.63. The van der Waals surface area contributed by atoms with Crippen LogP contribution in [0.5, 0.6) is 0 Å². The first-order chi connectivity index (χ1) is 6.51. The topological polar surface area (TPSA) is 124 Å². The van der Waals surface area contributed by atoms with Crippen molar-refractivity contribution < 1.29 is 34.8 Å². The number of aliphatic hydroxyl groups is 3. The van der Waals surface area contributed by atoms with Crippen LogP contribution in [0.1, 0.15) is 6.42 Å². The Morgan fingerprint density at radius 2 is 1.67 bits per heavy atom. The van der Waals surface area contributed by atoms with Gasteiger partial charge < -0.3 is 25.2 Å². The zero-order valence-corrected chi connectivity index (χ0v) is 7.29. The molecule has 0 fully saturated rings. The Morgan fingerprint density at radius 1 is 1.20 bits per heavy atom. The number of carbonyl (C=O) groups is 2. The van der Waals surface area contributed by atoms with E-state index >= 15 is 0 Å². The van der Waals surface area contributed by atoms with E-state index in [1.807, 2.05) is 0 Å². The van der Waals surface area contributed by atoms with Crippen molar-refractivity contribution in [2.45, 2.75) is 18.6 Å². The van der Waals surface area contributed by atoms with E-state index in [0.29, 0.717) is 0 Å². The second-order valence-electron chi connectivity index (χ2n) is 2.54. The van der Waals surface area contributed by atoms with Gasteiger partial charge in [0.15, 0.2) is 6.10 Å². The number of hydrogen-bond donors (Lipinski definition) is 4. The number of aliphatic hydroxyl groups excluding tert-OH is 3. The molecule has 86 valence electrons. The summed E-state index contributed by atoms with van der Waals surface area (Å²) in [5, 5.41) is 34.0. The van der Waals surface area contributed by atoms with Crippen molar-refractivity contribution in [1.82, 2.24) is 0 Å². The SMILES string of the molecule is O=C(CC(O)C(=O)O)OC(CO)CO.[CaH2]. The fraction of sp³-hybridized carbons (Fsp3) is 0.714. The maximum absolute atomic E-state index is 10.8. The van der Waals surface area contributed by atoms with E-state index in [2.05, 4.69) is 4.74 Å². The number of carboxylic acid groups (broad SMARTS) is 1. The van der Waals surface area contributed by atoms with Crippen molar-refractivity contribution in [2.75, 3.05) is 13.2 Å². The molecule has 0 radical (unpaired) electrons. The van der Waals surface area contributed by atoms with Crippen LogP contribution < -0.4 is 0 Å². The summed E-state index contributed by atoms with van der Waals surface area (Å²) in [6.45, 7) is -1.13. The molecule has 1 atom stereocenters. The molecule has 4 N–H and O–H groups in total. The molecule has 1 unspecified atom stereocenters. The molecule has 0 heterocycles. The van der Waals surface area contributed by atoms with Crippen molar-refractivity contribution in [3.05, 3.63) is 0 Å². The summed E-state index contributed by atoms with van der Waals surface area (Å²) in [6, 6.07) is 0. The van der Waals surface area contributed by atoms with E-state index in [1.165, 1.54) is 0 Å². The van der Waals surface area contributed by atoms with E-state index in [-0.39, 0.29) is 37.7 Å². The van der Waals surface area contributed by atoms with Gasteiger partial charge in [-0.05, 0) is 0 Å². The monoisotopic (exact) mass is 250 g/mol. The van der Waals surface area contributed by atoms with E-state index < -0.39 is 43.8 Å². The van der Waals surface area contributed by atoms with Crippen molar-refractivity contribution in [3.63, 3.8) is 0 Å². The van der Waals surface area contributed by atoms with Crippen LogP contribution in [0, 0.1) is 0 Å². The third-order valence-corrected chi connectivity index (χ3v) is 1.35. The molecular formula is C7H14CaO7. The van der Waals surface area contributed by atoms with Crippen LogP contribution in [0.15, 0.2) is 0 Å². The number of carboxylic acids is 1. The molecule has 0 aliphatic carbocycles. The number of ether oxygens (including phenoxy) is 1. The van der Waals surface area contributed by atoms with Crippen molar-refractivity contribution in [1.29, 1.82) is 0 Å². The number of esters is 1. The van der Waals surface area contributed by atoms with Gasteiger partial charge in [0.2, 0.25) is 0 Å². The third kappa shape index (κ3) is 7.95. The van der Waals surface area contributed by atoms with Crippen LogP contribution in [0.3, 0.4) is 0 Å². The van der Waals surface area contributed by atoms with Gasteiger partial charge >= 0.3 is 49.7 Å². The Balaban J connectivity index is 0. The van der Waals surface area contributed by atoms with Gasteiger partial charge in [-0.15, -0.1) is 0 Å². The van der Waals surface area contributed by atoms with Crippen molar-refractivity contribution in [2.24, 2.45) is 0 Å². The third-order valence-electron chi connectivity index (χ3n) is 1.35. The Labute approximate surface area is 116 Å². The van der Waals surface area contributed by atoms with Gasteiger partial charge in [-0.3, -0.25) is 4.79 Å². The predicted octanol–water partition coefficient (Wildman–Crippen LogP) is -3.20. The molecule has 7 nitrogen and oxygen atoms in total. The second-order valence-corrected chi connectivity index (χ2v) is 2.54. The number of hydrogen-bond acceptors (Lipinski definition) is 6. The van der Waals surface area contributed by atoms with Crippen molar-refractivity contribution >= 4 is 49.7 Å². The summed E-state index contributed by atoms with van der Waals surface area (Å²) < 4.78 is 4.41. The van der Waals surface area contributed by atoms with Crippen molar-refractivity contribution in [3.8, 4) is 0 Å². The average molecular weight is 250 g/mol. The van der Waals surface area contributed by atoms with Crippen LogP contribution >= 0.6 is 0 Å². The van der Waals surface area contributed by atoms with Crippen LogP contribution in [0.25, 0.3) is 0 Å². The molecule has 0 aromatic heterocycles. The van der Waals surface area contributed by atoms with Gasteiger partial charge in [-0.2, -0.15) is 0 Å². The average Bonchev–Trinajstić information content (AvgIpc) is 2.13. The van der Waals surface area contributed by atoms with E-state index in [1.54, 1.807) is 0 Å². The van der Waals surface area contributed by atoms with E-state index in [0.717, 1.165) is 0 Å². The van der Waals surface area contributed by atoms with Gasteiger partial charge in [0.05, 0.1) is 19.6 Å². The van der Waals surface area contributed by atoms with Crippen LogP contribution in [-0.4, -0.2) is 95.5 Å². The molecule has 0 bridgehead atoms. The fourth-order valence-electron chi connectivity index (χ4n) is 0.611. The molecule has 0 aliphatic heterocycles. The standard InChI is InChI=1S/C7H12O7.Ca.2H/c8-2-4(3-9)14-6(11)1-5(10)7(12)13;;;/h4-5,8-10H,1-3H2,(H,12,13);;;. The van der Waals surface area contributed by atoms with Gasteiger partial charge in [0, 0.05) is 0 Å².